The monoisotopic (exact) mass is 382 g/mol. The highest BCUT2D eigenvalue weighted by Gasteiger charge is 2.30. The number of amides is 1. The van der Waals surface area contributed by atoms with Gasteiger partial charge in [-0.3, -0.25) is 10.1 Å². The Hall–Kier alpha value is -0.520. The van der Waals surface area contributed by atoms with Crippen molar-refractivity contribution >= 4 is 29.0 Å². The molecular formula is C20H34N2OS2. The number of nitrogens with one attached hydrogen (secondary N) is 2. The maximum Gasteiger partial charge on any atom is 0.238 e. The summed E-state index contributed by atoms with van der Waals surface area (Å²) in [5, 5.41) is 8.93. The Morgan fingerprint density at radius 2 is 1.80 bits per heavy atom. The van der Waals surface area contributed by atoms with Gasteiger partial charge in [-0.15, -0.1) is 23.1 Å². The molecule has 1 aliphatic rings. The molecule has 5 heteroatoms. The van der Waals surface area contributed by atoms with Gasteiger partial charge in [-0.05, 0) is 17.9 Å². The quantitative estimate of drug-likeness (QED) is 0.443. The molecule has 0 aromatic carbocycles. The van der Waals surface area contributed by atoms with Crippen LogP contribution in [0, 0.1) is 0 Å². The van der Waals surface area contributed by atoms with Crippen molar-refractivity contribution in [2.75, 3.05) is 12.3 Å². The first-order valence-electron chi connectivity index (χ1n) is 10.00. The average Bonchev–Trinajstić information content (AvgIpc) is 3.30. The summed E-state index contributed by atoms with van der Waals surface area (Å²) in [7, 11) is 0. The highest BCUT2D eigenvalue weighted by Crippen LogP contribution is 2.35. The van der Waals surface area contributed by atoms with Crippen LogP contribution in [0.4, 0.5) is 0 Å². The van der Waals surface area contributed by atoms with Crippen molar-refractivity contribution in [2.24, 2.45) is 0 Å². The Morgan fingerprint density at radius 3 is 2.44 bits per heavy atom. The molecule has 0 radical (unpaired) electrons. The van der Waals surface area contributed by atoms with Gasteiger partial charge >= 0.3 is 0 Å². The van der Waals surface area contributed by atoms with Crippen LogP contribution in [-0.2, 0) is 4.79 Å². The van der Waals surface area contributed by atoms with Crippen LogP contribution in [0.1, 0.15) is 81.4 Å². The molecule has 0 spiro atoms. The predicted octanol–water partition coefficient (Wildman–Crippen LogP) is 5.49. The minimum Gasteiger partial charge on any atom is -0.355 e. The zero-order valence-corrected chi connectivity index (χ0v) is 17.2. The molecule has 2 rings (SSSR count). The molecule has 2 N–H and O–H groups in total. The Bertz CT molecular complexity index is 464. The van der Waals surface area contributed by atoms with Crippen LogP contribution in [-0.4, -0.2) is 24.2 Å². The standard InChI is InChI=1S/C20H34N2OS2/c1-2-3-4-5-6-7-8-9-10-11-14-21-19(23)17-16-25-20(22-17)18-13-12-15-24-18/h12-13,15,17,20,22H,2-11,14,16H2,1H3,(H,21,23)/t17-,20?/m1/s1. The van der Waals surface area contributed by atoms with Crippen molar-refractivity contribution in [1.82, 2.24) is 10.6 Å². The predicted molar refractivity (Wildman–Crippen MR) is 111 cm³/mol. The van der Waals surface area contributed by atoms with Crippen molar-refractivity contribution in [3.63, 3.8) is 0 Å². The van der Waals surface area contributed by atoms with E-state index in [1.807, 2.05) is 11.8 Å². The maximum absolute atomic E-state index is 12.2. The molecule has 1 amide bonds. The van der Waals surface area contributed by atoms with E-state index in [0.29, 0.717) is 0 Å². The molecular weight excluding hydrogens is 348 g/mol. The number of hydrogen-bond acceptors (Lipinski definition) is 4. The van der Waals surface area contributed by atoms with E-state index < -0.39 is 0 Å². The summed E-state index contributed by atoms with van der Waals surface area (Å²) < 4.78 is 0. The van der Waals surface area contributed by atoms with Gasteiger partial charge in [-0.2, -0.15) is 0 Å². The third-order valence-electron chi connectivity index (χ3n) is 4.73. The van der Waals surface area contributed by atoms with E-state index in [4.69, 9.17) is 0 Å². The first-order valence-corrected chi connectivity index (χ1v) is 11.9. The van der Waals surface area contributed by atoms with Gasteiger partial charge in [-0.1, -0.05) is 70.8 Å². The van der Waals surface area contributed by atoms with Crippen molar-refractivity contribution in [2.45, 2.75) is 82.5 Å². The lowest BCUT2D eigenvalue weighted by molar-refractivity contribution is -0.122. The molecule has 1 aromatic rings. The molecule has 0 bridgehead atoms. The lowest BCUT2D eigenvalue weighted by Gasteiger charge is -2.12. The minimum absolute atomic E-state index is 0.0415. The molecule has 1 fully saturated rings. The van der Waals surface area contributed by atoms with E-state index in [9.17, 15) is 4.79 Å². The van der Waals surface area contributed by atoms with Crippen LogP contribution in [0.3, 0.4) is 0 Å². The molecule has 1 unspecified atom stereocenters. The number of thiophene rings is 1. The number of unbranched alkanes of at least 4 members (excludes halogenated alkanes) is 9. The van der Waals surface area contributed by atoms with Gasteiger partial charge in [0.25, 0.3) is 0 Å². The van der Waals surface area contributed by atoms with Gasteiger partial charge in [0.1, 0.15) is 0 Å². The van der Waals surface area contributed by atoms with E-state index in [2.05, 4.69) is 35.1 Å². The first-order chi connectivity index (χ1) is 12.3. The Kier molecular flexibility index (Phi) is 10.6. The topological polar surface area (TPSA) is 41.1 Å². The third-order valence-corrected chi connectivity index (χ3v) is 7.07. The Morgan fingerprint density at radius 1 is 1.12 bits per heavy atom. The van der Waals surface area contributed by atoms with E-state index in [1.54, 1.807) is 11.3 Å². The van der Waals surface area contributed by atoms with Gasteiger partial charge < -0.3 is 5.32 Å². The molecule has 2 atom stereocenters. The van der Waals surface area contributed by atoms with E-state index in [0.717, 1.165) is 18.7 Å². The highest BCUT2D eigenvalue weighted by molar-refractivity contribution is 7.99. The van der Waals surface area contributed by atoms with Crippen molar-refractivity contribution in [3.05, 3.63) is 22.4 Å². The molecule has 0 aliphatic carbocycles. The summed E-state index contributed by atoms with van der Waals surface area (Å²) in [6.45, 7) is 3.09. The molecule has 142 valence electrons. The second kappa shape index (κ2) is 12.8. The van der Waals surface area contributed by atoms with Crippen molar-refractivity contribution in [1.29, 1.82) is 0 Å². The fourth-order valence-corrected chi connectivity index (χ4v) is 5.34. The second-order valence-corrected chi connectivity index (χ2v) is 9.04. The summed E-state index contributed by atoms with van der Waals surface area (Å²) in [5.74, 6) is 1.04. The van der Waals surface area contributed by atoms with Gasteiger partial charge in [-0.25, -0.2) is 0 Å². The van der Waals surface area contributed by atoms with Crippen LogP contribution < -0.4 is 10.6 Å². The van der Waals surface area contributed by atoms with Gasteiger partial charge in [0.05, 0.1) is 11.4 Å². The Labute approximate surface area is 161 Å². The van der Waals surface area contributed by atoms with Crippen LogP contribution >= 0.6 is 23.1 Å². The third kappa shape index (κ3) is 8.14. The summed E-state index contributed by atoms with van der Waals surface area (Å²) in [6, 6.07) is 4.17. The molecule has 2 heterocycles. The van der Waals surface area contributed by atoms with Gasteiger partial charge in [0.2, 0.25) is 5.91 Å². The summed E-state index contributed by atoms with van der Waals surface area (Å²) in [6.07, 6.45) is 13.3. The fourth-order valence-electron chi connectivity index (χ4n) is 3.17. The molecule has 1 aliphatic heterocycles. The van der Waals surface area contributed by atoms with Crippen LogP contribution in [0.25, 0.3) is 0 Å². The van der Waals surface area contributed by atoms with E-state index >= 15 is 0 Å². The minimum atomic E-state index is -0.0415. The number of rotatable bonds is 13. The van der Waals surface area contributed by atoms with E-state index in [1.165, 1.54) is 62.7 Å². The normalized spacial score (nSPS) is 20.0. The van der Waals surface area contributed by atoms with E-state index in [-0.39, 0.29) is 17.3 Å². The molecule has 1 saturated heterocycles. The zero-order chi connectivity index (χ0) is 17.7. The van der Waals surface area contributed by atoms with Crippen LogP contribution in [0.2, 0.25) is 0 Å². The van der Waals surface area contributed by atoms with Crippen LogP contribution in [0.15, 0.2) is 17.5 Å². The zero-order valence-electron chi connectivity index (χ0n) is 15.6. The molecule has 3 nitrogen and oxygen atoms in total. The highest BCUT2D eigenvalue weighted by atomic mass is 32.2. The van der Waals surface area contributed by atoms with Crippen molar-refractivity contribution in [3.8, 4) is 0 Å². The Balaban J connectivity index is 1.43. The smallest absolute Gasteiger partial charge is 0.238 e. The fraction of sp³-hybridized carbons (Fsp3) is 0.750. The maximum atomic E-state index is 12.2. The molecule has 1 aromatic heterocycles. The summed E-state index contributed by atoms with van der Waals surface area (Å²) in [4.78, 5) is 13.6. The lowest BCUT2D eigenvalue weighted by Crippen LogP contribution is -2.42. The molecule has 25 heavy (non-hydrogen) atoms. The van der Waals surface area contributed by atoms with Gasteiger partial charge in [0, 0.05) is 17.2 Å². The number of carbonyl (C=O) groups is 1. The largest absolute Gasteiger partial charge is 0.355 e. The molecule has 0 saturated carbocycles. The SMILES string of the molecule is CCCCCCCCCCCCNC(=O)[C@H]1CSC(c2cccs2)N1. The van der Waals surface area contributed by atoms with Crippen LogP contribution in [0.5, 0.6) is 0 Å². The first kappa shape index (κ1) is 20.8. The number of thioether (sulfide) groups is 1. The van der Waals surface area contributed by atoms with Crippen molar-refractivity contribution < 1.29 is 4.79 Å². The average molecular weight is 383 g/mol. The second-order valence-electron chi connectivity index (χ2n) is 6.92. The van der Waals surface area contributed by atoms with Gasteiger partial charge in [0.15, 0.2) is 0 Å². The summed E-state index contributed by atoms with van der Waals surface area (Å²) >= 11 is 3.59. The lowest BCUT2D eigenvalue weighted by atomic mass is 10.1. The summed E-state index contributed by atoms with van der Waals surface area (Å²) in [5.41, 5.74) is 0. The number of hydrogen-bond donors (Lipinski definition) is 2. The number of carbonyl (C=O) groups excluding carboxylic acids is 1.